The van der Waals surface area contributed by atoms with Crippen molar-refractivity contribution < 1.29 is 0 Å². The Bertz CT molecular complexity index is 1090. The topological polar surface area (TPSA) is 93.9 Å². The van der Waals surface area contributed by atoms with Gasteiger partial charge in [-0.25, -0.2) is 10.4 Å². The molecule has 0 aliphatic rings. The standard InChI is InChI=1S/C19H14BrN5OS/c1-27-16-8-7-12(9-15(16)20)11-22-25-19-23-17(13-5-3-2-4-6-13)14(10-21)18(26)24-19/h2-9,11H,1H3,(H2,23,24,25,26). The predicted octanol–water partition coefficient (Wildman–Crippen LogP) is 4.24. The van der Waals surface area contributed by atoms with E-state index in [9.17, 15) is 10.1 Å². The highest BCUT2D eigenvalue weighted by molar-refractivity contribution is 9.10. The molecule has 1 aromatic heterocycles. The molecule has 1 heterocycles. The van der Waals surface area contributed by atoms with Crippen molar-refractivity contribution in [1.82, 2.24) is 9.97 Å². The molecule has 0 radical (unpaired) electrons. The quantitative estimate of drug-likeness (QED) is 0.352. The maximum atomic E-state index is 12.2. The third-order valence-electron chi connectivity index (χ3n) is 3.64. The van der Waals surface area contributed by atoms with E-state index in [4.69, 9.17) is 0 Å². The molecule has 2 N–H and O–H groups in total. The maximum absolute atomic E-state index is 12.2. The van der Waals surface area contributed by atoms with Crippen LogP contribution < -0.4 is 11.0 Å². The number of hydrogen-bond acceptors (Lipinski definition) is 6. The lowest BCUT2D eigenvalue weighted by molar-refractivity contribution is 1.08. The van der Waals surface area contributed by atoms with Gasteiger partial charge in [0.2, 0.25) is 5.95 Å². The van der Waals surface area contributed by atoms with E-state index in [-0.39, 0.29) is 11.5 Å². The van der Waals surface area contributed by atoms with Crippen LogP contribution in [0.1, 0.15) is 11.1 Å². The fourth-order valence-electron chi connectivity index (χ4n) is 2.37. The number of hydrogen-bond donors (Lipinski definition) is 2. The second kappa shape index (κ2) is 8.66. The summed E-state index contributed by atoms with van der Waals surface area (Å²) in [4.78, 5) is 20.2. The van der Waals surface area contributed by atoms with Gasteiger partial charge >= 0.3 is 0 Å². The van der Waals surface area contributed by atoms with Crippen LogP contribution in [-0.4, -0.2) is 22.4 Å². The number of aromatic amines is 1. The van der Waals surface area contributed by atoms with Crippen LogP contribution in [0.25, 0.3) is 11.3 Å². The van der Waals surface area contributed by atoms with Crippen LogP contribution in [0.2, 0.25) is 0 Å². The van der Waals surface area contributed by atoms with Crippen LogP contribution in [0, 0.1) is 11.3 Å². The van der Waals surface area contributed by atoms with Gasteiger partial charge in [-0.1, -0.05) is 36.4 Å². The zero-order valence-electron chi connectivity index (χ0n) is 14.2. The highest BCUT2D eigenvalue weighted by Gasteiger charge is 2.12. The second-order valence-electron chi connectivity index (χ2n) is 5.38. The molecular weight excluding hydrogens is 426 g/mol. The minimum Gasteiger partial charge on any atom is -0.290 e. The summed E-state index contributed by atoms with van der Waals surface area (Å²) in [5, 5.41) is 13.4. The molecule has 0 amide bonds. The summed E-state index contributed by atoms with van der Waals surface area (Å²) in [7, 11) is 0. The molecule has 0 unspecified atom stereocenters. The van der Waals surface area contributed by atoms with Gasteiger partial charge in [0, 0.05) is 14.9 Å². The second-order valence-corrected chi connectivity index (χ2v) is 7.08. The lowest BCUT2D eigenvalue weighted by atomic mass is 10.1. The van der Waals surface area contributed by atoms with Crippen molar-refractivity contribution in [3.05, 3.63) is 74.5 Å². The van der Waals surface area contributed by atoms with Gasteiger partial charge < -0.3 is 0 Å². The largest absolute Gasteiger partial charge is 0.290 e. The van der Waals surface area contributed by atoms with Crippen molar-refractivity contribution in [3.8, 4) is 17.3 Å². The lowest BCUT2D eigenvalue weighted by Crippen LogP contribution is -2.16. The van der Waals surface area contributed by atoms with Crippen LogP contribution in [-0.2, 0) is 0 Å². The number of thioether (sulfide) groups is 1. The maximum Gasteiger partial charge on any atom is 0.270 e. The first-order valence-corrected chi connectivity index (χ1v) is 9.86. The van der Waals surface area contributed by atoms with Crippen LogP contribution in [0.15, 0.2) is 67.8 Å². The Morgan fingerprint density at radius 1 is 1.30 bits per heavy atom. The van der Waals surface area contributed by atoms with E-state index in [1.54, 1.807) is 30.1 Å². The Balaban J connectivity index is 1.88. The Labute approximate surface area is 168 Å². The van der Waals surface area contributed by atoms with Gasteiger partial charge in [0.1, 0.15) is 11.6 Å². The number of halogens is 1. The first-order valence-electron chi connectivity index (χ1n) is 7.85. The Kier molecular flexibility index (Phi) is 6.06. The first-order chi connectivity index (χ1) is 13.1. The molecule has 0 saturated carbocycles. The van der Waals surface area contributed by atoms with E-state index < -0.39 is 5.56 Å². The van der Waals surface area contributed by atoms with E-state index in [2.05, 4.69) is 36.4 Å². The molecule has 0 aliphatic carbocycles. The van der Waals surface area contributed by atoms with Crippen LogP contribution in [0.3, 0.4) is 0 Å². The zero-order valence-corrected chi connectivity index (χ0v) is 16.6. The number of nitriles is 1. The van der Waals surface area contributed by atoms with Gasteiger partial charge in [-0.05, 0) is 39.9 Å². The van der Waals surface area contributed by atoms with Gasteiger partial charge in [0.05, 0.1) is 11.9 Å². The highest BCUT2D eigenvalue weighted by Crippen LogP contribution is 2.26. The summed E-state index contributed by atoms with van der Waals surface area (Å²) in [6.45, 7) is 0. The lowest BCUT2D eigenvalue weighted by Gasteiger charge is -2.06. The number of rotatable bonds is 5. The van der Waals surface area contributed by atoms with Crippen molar-refractivity contribution in [3.63, 3.8) is 0 Å². The number of benzene rings is 2. The summed E-state index contributed by atoms with van der Waals surface area (Å²) in [5.74, 6) is 0.161. The third kappa shape index (κ3) is 4.45. The fourth-order valence-corrected chi connectivity index (χ4v) is 3.71. The molecule has 0 fully saturated rings. The van der Waals surface area contributed by atoms with Crippen LogP contribution >= 0.6 is 27.7 Å². The minimum absolute atomic E-state index is 0.0349. The molecule has 134 valence electrons. The van der Waals surface area contributed by atoms with Crippen molar-refractivity contribution in [1.29, 1.82) is 5.26 Å². The number of nitrogens with zero attached hydrogens (tertiary/aromatic N) is 3. The van der Waals surface area contributed by atoms with Gasteiger partial charge in [0.25, 0.3) is 5.56 Å². The molecule has 2 aromatic carbocycles. The van der Waals surface area contributed by atoms with E-state index in [1.807, 2.05) is 48.7 Å². The number of aromatic nitrogens is 2. The number of hydrazone groups is 1. The molecule has 8 heteroatoms. The molecule has 0 saturated heterocycles. The summed E-state index contributed by atoms with van der Waals surface area (Å²) >= 11 is 5.16. The van der Waals surface area contributed by atoms with E-state index in [1.165, 1.54) is 0 Å². The molecule has 0 spiro atoms. The Morgan fingerprint density at radius 2 is 2.07 bits per heavy atom. The molecule has 6 nitrogen and oxygen atoms in total. The van der Waals surface area contributed by atoms with E-state index in [0.29, 0.717) is 11.3 Å². The third-order valence-corrected chi connectivity index (χ3v) is 5.35. The SMILES string of the molecule is CSc1ccc(C=NNc2nc(-c3ccccc3)c(C#N)c(=O)[nH]2)cc1Br. The summed E-state index contributed by atoms with van der Waals surface area (Å²) < 4.78 is 0.982. The summed E-state index contributed by atoms with van der Waals surface area (Å²) in [6, 6.07) is 16.9. The van der Waals surface area contributed by atoms with E-state index in [0.717, 1.165) is 14.9 Å². The molecule has 0 atom stereocenters. The van der Waals surface area contributed by atoms with Crippen LogP contribution in [0.4, 0.5) is 5.95 Å². The van der Waals surface area contributed by atoms with Gasteiger partial charge in [-0.3, -0.25) is 9.78 Å². The zero-order chi connectivity index (χ0) is 19.2. The summed E-state index contributed by atoms with van der Waals surface area (Å²) in [6.07, 6.45) is 3.63. The minimum atomic E-state index is -0.517. The van der Waals surface area contributed by atoms with E-state index >= 15 is 0 Å². The Morgan fingerprint density at radius 3 is 2.74 bits per heavy atom. The van der Waals surface area contributed by atoms with Crippen molar-refractivity contribution in [2.45, 2.75) is 4.90 Å². The predicted molar refractivity (Wildman–Crippen MR) is 112 cm³/mol. The smallest absolute Gasteiger partial charge is 0.270 e. The highest BCUT2D eigenvalue weighted by atomic mass is 79.9. The van der Waals surface area contributed by atoms with Gasteiger partial charge in [0.15, 0.2) is 0 Å². The average Bonchev–Trinajstić information content (AvgIpc) is 2.68. The number of nitrogens with one attached hydrogen (secondary N) is 2. The number of anilines is 1. The number of H-pyrrole nitrogens is 1. The fraction of sp³-hybridized carbons (Fsp3) is 0.0526. The van der Waals surface area contributed by atoms with Crippen molar-refractivity contribution >= 4 is 39.9 Å². The summed E-state index contributed by atoms with van der Waals surface area (Å²) in [5.41, 5.74) is 4.04. The van der Waals surface area contributed by atoms with Crippen LogP contribution in [0.5, 0.6) is 0 Å². The van der Waals surface area contributed by atoms with Crippen molar-refractivity contribution in [2.24, 2.45) is 5.10 Å². The van der Waals surface area contributed by atoms with Gasteiger partial charge in [-0.15, -0.1) is 11.8 Å². The van der Waals surface area contributed by atoms with Crippen molar-refractivity contribution in [2.75, 3.05) is 11.7 Å². The Hall–Kier alpha value is -2.89. The molecular formula is C19H14BrN5OS. The monoisotopic (exact) mass is 439 g/mol. The molecule has 0 aliphatic heterocycles. The molecule has 3 aromatic rings. The molecule has 27 heavy (non-hydrogen) atoms. The molecule has 0 bridgehead atoms. The average molecular weight is 440 g/mol. The first kappa shape index (κ1) is 18.9. The molecule has 3 rings (SSSR count). The normalized spacial score (nSPS) is 10.7. The van der Waals surface area contributed by atoms with Gasteiger partial charge in [-0.2, -0.15) is 10.4 Å².